The minimum atomic E-state index is -0.527. The molecule has 11 nitrogen and oxygen atoms in total. The maximum atomic E-state index is 12.9. The van der Waals surface area contributed by atoms with Crippen molar-refractivity contribution in [2.24, 2.45) is 5.10 Å². The number of nitrogens with one attached hydrogen (secondary N) is 1. The Morgan fingerprint density at radius 1 is 1.22 bits per heavy atom. The van der Waals surface area contributed by atoms with Crippen LogP contribution in [-0.2, 0) is 5.75 Å². The number of amides is 1. The zero-order valence-electron chi connectivity index (χ0n) is 17.3. The van der Waals surface area contributed by atoms with Gasteiger partial charge in [0.05, 0.1) is 17.1 Å². The smallest absolute Gasteiger partial charge is 0.293 e. The SMILES string of the molecule is C/C(=N\NC(=O)c1nnn(-c2nonc2N)c1CSc1ccc(C)cc1)c1ccccn1. The molecule has 0 aliphatic carbocycles. The van der Waals surface area contributed by atoms with E-state index in [1.807, 2.05) is 37.3 Å². The summed E-state index contributed by atoms with van der Waals surface area (Å²) in [5.41, 5.74) is 11.2. The second-order valence-corrected chi connectivity index (χ2v) is 7.77. The van der Waals surface area contributed by atoms with E-state index in [4.69, 9.17) is 5.73 Å². The Bertz CT molecular complexity index is 1250. The zero-order chi connectivity index (χ0) is 22.5. The number of carbonyl (C=O) groups is 1. The Balaban J connectivity index is 1.60. The van der Waals surface area contributed by atoms with Crippen molar-refractivity contribution in [2.45, 2.75) is 24.5 Å². The van der Waals surface area contributed by atoms with Crippen LogP contribution in [0, 0.1) is 6.92 Å². The molecule has 3 heterocycles. The van der Waals surface area contributed by atoms with Crippen LogP contribution in [-0.4, -0.2) is 41.9 Å². The largest absolute Gasteiger partial charge is 0.378 e. The summed E-state index contributed by atoms with van der Waals surface area (Å²) in [5, 5.41) is 19.5. The van der Waals surface area contributed by atoms with Crippen LogP contribution in [0.1, 0.15) is 34.4 Å². The first kappa shape index (κ1) is 21.2. The van der Waals surface area contributed by atoms with Gasteiger partial charge in [0.1, 0.15) is 0 Å². The number of carbonyl (C=O) groups excluding carboxylic acids is 1. The van der Waals surface area contributed by atoms with Gasteiger partial charge in [0.15, 0.2) is 5.69 Å². The summed E-state index contributed by atoms with van der Waals surface area (Å²) in [7, 11) is 0. The first-order valence-electron chi connectivity index (χ1n) is 9.51. The highest BCUT2D eigenvalue weighted by Crippen LogP contribution is 2.26. The van der Waals surface area contributed by atoms with Gasteiger partial charge in [0.2, 0.25) is 11.6 Å². The van der Waals surface area contributed by atoms with Crippen LogP contribution in [0.5, 0.6) is 0 Å². The van der Waals surface area contributed by atoms with Crippen LogP contribution in [0.4, 0.5) is 5.82 Å². The summed E-state index contributed by atoms with van der Waals surface area (Å²) in [4.78, 5) is 18.1. The molecule has 0 radical (unpaired) electrons. The van der Waals surface area contributed by atoms with Crippen molar-refractivity contribution in [2.75, 3.05) is 5.73 Å². The third kappa shape index (κ3) is 4.64. The fourth-order valence-corrected chi connectivity index (χ4v) is 3.61. The predicted octanol–water partition coefficient (Wildman–Crippen LogP) is 2.38. The van der Waals surface area contributed by atoms with Gasteiger partial charge in [-0.05, 0) is 48.4 Å². The fourth-order valence-electron chi connectivity index (χ4n) is 2.72. The number of nitrogen functional groups attached to an aromatic ring is 1. The number of hydrogen-bond acceptors (Lipinski definition) is 10. The number of rotatable bonds is 7. The average Bonchev–Trinajstić information content (AvgIpc) is 3.43. The number of pyridine rings is 1. The first-order chi connectivity index (χ1) is 15.5. The van der Waals surface area contributed by atoms with Crippen molar-refractivity contribution < 1.29 is 9.42 Å². The second-order valence-electron chi connectivity index (χ2n) is 6.72. The predicted molar refractivity (Wildman–Crippen MR) is 118 cm³/mol. The van der Waals surface area contributed by atoms with E-state index < -0.39 is 5.91 Å². The van der Waals surface area contributed by atoms with Gasteiger partial charge in [0, 0.05) is 16.8 Å². The van der Waals surface area contributed by atoms with Crippen LogP contribution in [0.15, 0.2) is 63.3 Å². The van der Waals surface area contributed by atoms with Gasteiger partial charge in [-0.25, -0.2) is 10.1 Å². The lowest BCUT2D eigenvalue weighted by Gasteiger charge is -2.06. The molecule has 0 fully saturated rings. The monoisotopic (exact) mass is 449 g/mol. The number of anilines is 1. The third-order valence-electron chi connectivity index (χ3n) is 4.43. The Hall–Kier alpha value is -4.06. The van der Waals surface area contributed by atoms with Crippen molar-refractivity contribution in [3.05, 3.63) is 71.3 Å². The molecule has 3 aromatic heterocycles. The zero-order valence-corrected chi connectivity index (χ0v) is 18.1. The topological polar surface area (TPSA) is 150 Å². The maximum Gasteiger partial charge on any atom is 0.293 e. The van der Waals surface area contributed by atoms with E-state index >= 15 is 0 Å². The van der Waals surface area contributed by atoms with Crippen molar-refractivity contribution in [1.82, 2.24) is 35.7 Å². The van der Waals surface area contributed by atoms with Crippen molar-refractivity contribution in [1.29, 1.82) is 0 Å². The minimum absolute atomic E-state index is 0.0347. The summed E-state index contributed by atoms with van der Waals surface area (Å²) in [6, 6.07) is 13.5. The highest BCUT2D eigenvalue weighted by Gasteiger charge is 2.24. The van der Waals surface area contributed by atoms with E-state index in [2.05, 4.69) is 40.8 Å². The number of hydrogen-bond donors (Lipinski definition) is 2. The quantitative estimate of drug-likeness (QED) is 0.246. The Kier molecular flexibility index (Phi) is 6.22. The fraction of sp³-hybridized carbons (Fsp3) is 0.150. The summed E-state index contributed by atoms with van der Waals surface area (Å²) < 4.78 is 6.02. The number of aryl methyl sites for hydroxylation is 1. The van der Waals surface area contributed by atoms with Crippen LogP contribution >= 0.6 is 11.8 Å². The number of aromatic nitrogens is 6. The van der Waals surface area contributed by atoms with Gasteiger partial charge in [0.25, 0.3) is 5.91 Å². The normalized spacial score (nSPS) is 11.5. The van der Waals surface area contributed by atoms with Gasteiger partial charge >= 0.3 is 0 Å². The lowest BCUT2D eigenvalue weighted by molar-refractivity contribution is 0.0949. The summed E-state index contributed by atoms with van der Waals surface area (Å²) in [5.74, 6) is 0.0337. The maximum absolute atomic E-state index is 12.9. The molecule has 0 saturated heterocycles. The molecule has 4 aromatic rings. The molecule has 1 amide bonds. The van der Waals surface area contributed by atoms with Crippen molar-refractivity contribution in [3.63, 3.8) is 0 Å². The van der Waals surface area contributed by atoms with Crippen LogP contribution in [0.25, 0.3) is 5.82 Å². The molecular weight excluding hydrogens is 430 g/mol. The van der Waals surface area contributed by atoms with Gasteiger partial charge in [-0.2, -0.15) is 9.78 Å². The highest BCUT2D eigenvalue weighted by atomic mass is 32.2. The van der Waals surface area contributed by atoms with Gasteiger partial charge < -0.3 is 5.73 Å². The molecule has 0 atom stereocenters. The number of nitrogens with zero attached hydrogens (tertiary/aromatic N) is 7. The summed E-state index contributed by atoms with van der Waals surface area (Å²) >= 11 is 1.51. The molecule has 1 aromatic carbocycles. The molecular formula is C20H19N9O2S. The van der Waals surface area contributed by atoms with E-state index in [0.717, 1.165) is 10.5 Å². The van der Waals surface area contributed by atoms with E-state index in [9.17, 15) is 4.79 Å². The molecule has 32 heavy (non-hydrogen) atoms. The second kappa shape index (κ2) is 9.39. The van der Waals surface area contributed by atoms with Gasteiger partial charge in [-0.3, -0.25) is 9.78 Å². The number of benzene rings is 1. The standard InChI is InChI=1S/C20H19N9O2S/c1-12-6-8-14(9-7-12)32-11-16-17(24-28-29(16)19-18(21)26-31-27-19)20(30)25-23-13(2)15-5-3-4-10-22-15/h3-10H,11H2,1-2H3,(H2,21,26)(H,25,30)/b23-13+. The van der Waals surface area contributed by atoms with Crippen molar-refractivity contribution in [3.8, 4) is 5.82 Å². The number of nitrogens with two attached hydrogens (primary N) is 1. The van der Waals surface area contributed by atoms with Crippen LogP contribution < -0.4 is 11.2 Å². The Labute approximate surface area is 187 Å². The summed E-state index contributed by atoms with van der Waals surface area (Å²) in [6.45, 7) is 3.76. The molecule has 0 unspecified atom stereocenters. The molecule has 0 spiro atoms. The van der Waals surface area contributed by atoms with Gasteiger partial charge in [-0.15, -0.1) is 16.9 Å². The van der Waals surface area contributed by atoms with E-state index in [0.29, 0.717) is 22.9 Å². The molecule has 4 rings (SSSR count). The number of thioether (sulfide) groups is 1. The molecule has 0 bridgehead atoms. The third-order valence-corrected chi connectivity index (χ3v) is 5.45. The van der Waals surface area contributed by atoms with Crippen molar-refractivity contribution >= 4 is 29.2 Å². The minimum Gasteiger partial charge on any atom is -0.378 e. The molecule has 0 aliphatic heterocycles. The lowest BCUT2D eigenvalue weighted by atomic mass is 10.2. The molecule has 12 heteroatoms. The number of hydrazone groups is 1. The van der Waals surface area contributed by atoms with E-state index in [1.165, 1.54) is 16.4 Å². The van der Waals surface area contributed by atoms with E-state index in [-0.39, 0.29) is 17.3 Å². The highest BCUT2D eigenvalue weighted by molar-refractivity contribution is 7.98. The van der Waals surface area contributed by atoms with Crippen LogP contribution in [0.2, 0.25) is 0 Å². The Morgan fingerprint density at radius 2 is 2.03 bits per heavy atom. The molecule has 0 aliphatic rings. The van der Waals surface area contributed by atoms with Crippen LogP contribution in [0.3, 0.4) is 0 Å². The van der Waals surface area contributed by atoms with Gasteiger partial charge in [-0.1, -0.05) is 29.0 Å². The lowest BCUT2D eigenvalue weighted by Crippen LogP contribution is -2.21. The molecule has 162 valence electrons. The summed E-state index contributed by atoms with van der Waals surface area (Å²) in [6.07, 6.45) is 1.65. The molecule has 3 N–H and O–H groups in total. The average molecular weight is 450 g/mol. The Morgan fingerprint density at radius 3 is 2.72 bits per heavy atom. The first-order valence-corrected chi connectivity index (χ1v) is 10.5. The molecule has 0 saturated carbocycles. The van der Waals surface area contributed by atoms with E-state index in [1.54, 1.807) is 25.3 Å².